The summed E-state index contributed by atoms with van der Waals surface area (Å²) in [6.45, 7) is 11.7. The number of hydrogen-bond acceptors (Lipinski definition) is 4. The van der Waals surface area contributed by atoms with E-state index >= 15 is 0 Å². The topological polar surface area (TPSA) is 44.8 Å². The van der Waals surface area contributed by atoms with Gasteiger partial charge in [0.15, 0.2) is 6.61 Å². The summed E-state index contributed by atoms with van der Waals surface area (Å²) in [4.78, 5) is 11.6. The lowest BCUT2D eigenvalue weighted by Gasteiger charge is -2.23. The molecule has 0 saturated heterocycles. The SMILES string of the molecule is COc1cc(OCC(=O)OC(C)(C)C)ccc1C(C)(C)C. The normalized spacial score (nSPS) is 12.0. The van der Waals surface area contributed by atoms with E-state index in [1.165, 1.54) is 0 Å². The molecule has 0 saturated carbocycles. The van der Waals surface area contributed by atoms with Crippen LogP contribution in [0.2, 0.25) is 0 Å². The molecule has 0 amide bonds. The number of carbonyl (C=O) groups is 1. The summed E-state index contributed by atoms with van der Waals surface area (Å²) >= 11 is 0. The van der Waals surface area contributed by atoms with Crippen LogP contribution in [0.1, 0.15) is 47.1 Å². The minimum atomic E-state index is -0.506. The zero-order valence-corrected chi connectivity index (χ0v) is 14.1. The highest BCUT2D eigenvalue weighted by atomic mass is 16.6. The van der Waals surface area contributed by atoms with Crippen molar-refractivity contribution in [2.75, 3.05) is 13.7 Å². The summed E-state index contributed by atoms with van der Waals surface area (Å²) in [7, 11) is 1.63. The molecule has 4 heteroatoms. The van der Waals surface area contributed by atoms with Crippen molar-refractivity contribution >= 4 is 5.97 Å². The molecular formula is C17H26O4. The number of ether oxygens (including phenoxy) is 3. The van der Waals surface area contributed by atoms with Gasteiger partial charge in [-0.2, -0.15) is 0 Å². The van der Waals surface area contributed by atoms with Crippen molar-refractivity contribution in [2.45, 2.75) is 52.6 Å². The van der Waals surface area contributed by atoms with Gasteiger partial charge in [0.1, 0.15) is 17.1 Å². The van der Waals surface area contributed by atoms with E-state index in [2.05, 4.69) is 20.8 Å². The van der Waals surface area contributed by atoms with Gasteiger partial charge in [-0.15, -0.1) is 0 Å². The smallest absolute Gasteiger partial charge is 0.344 e. The van der Waals surface area contributed by atoms with Crippen molar-refractivity contribution in [1.82, 2.24) is 0 Å². The van der Waals surface area contributed by atoms with Crippen LogP contribution in [-0.2, 0) is 14.9 Å². The second-order valence-corrected chi connectivity index (χ2v) is 6.99. The summed E-state index contributed by atoms with van der Waals surface area (Å²) in [5, 5.41) is 0. The fourth-order valence-electron chi connectivity index (χ4n) is 1.89. The molecule has 0 unspecified atom stereocenters. The molecule has 1 rings (SSSR count). The van der Waals surface area contributed by atoms with E-state index < -0.39 is 5.60 Å². The fourth-order valence-corrected chi connectivity index (χ4v) is 1.89. The van der Waals surface area contributed by atoms with Gasteiger partial charge in [0.05, 0.1) is 7.11 Å². The van der Waals surface area contributed by atoms with Gasteiger partial charge in [-0.25, -0.2) is 4.79 Å². The average molecular weight is 294 g/mol. The Labute approximate surface area is 127 Å². The first-order valence-corrected chi connectivity index (χ1v) is 7.06. The van der Waals surface area contributed by atoms with Gasteiger partial charge >= 0.3 is 5.97 Å². The first-order chi connectivity index (χ1) is 9.53. The molecule has 1 aromatic rings. The number of benzene rings is 1. The molecule has 4 nitrogen and oxygen atoms in total. The first-order valence-electron chi connectivity index (χ1n) is 7.06. The van der Waals surface area contributed by atoms with E-state index in [1.807, 2.05) is 32.9 Å². The van der Waals surface area contributed by atoms with Gasteiger partial charge in [-0.1, -0.05) is 26.8 Å². The molecule has 118 valence electrons. The molecule has 0 radical (unpaired) electrons. The van der Waals surface area contributed by atoms with Crippen molar-refractivity contribution in [3.63, 3.8) is 0 Å². The van der Waals surface area contributed by atoms with Gasteiger partial charge in [0, 0.05) is 6.07 Å². The van der Waals surface area contributed by atoms with Crippen LogP contribution in [0.4, 0.5) is 0 Å². The maximum atomic E-state index is 11.6. The molecule has 0 bridgehead atoms. The third-order valence-corrected chi connectivity index (χ3v) is 2.76. The van der Waals surface area contributed by atoms with E-state index in [0.717, 1.165) is 11.3 Å². The zero-order chi connectivity index (χ0) is 16.3. The van der Waals surface area contributed by atoms with Crippen LogP contribution >= 0.6 is 0 Å². The minimum Gasteiger partial charge on any atom is -0.496 e. The Morgan fingerprint density at radius 3 is 2.19 bits per heavy atom. The maximum Gasteiger partial charge on any atom is 0.344 e. The highest BCUT2D eigenvalue weighted by Crippen LogP contribution is 2.33. The molecule has 0 aliphatic heterocycles. The van der Waals surface area contributed by atoms with Crippen LogP contribution in [0.15, 0.2) is 18.2 Å². The average Bonchev–Trinajstić information content (AvgIpc) is 2.32. The first kappa shape index (κ1) is 17.3. The fraction of sp³-hybridized carbons (Fsp3) is 0.588. The molecule has 1 aromatic carbocycles. The lowest BCUT2D eigenvalue weighted by Crippen LogP contribution is -2.27. The molecule has 0 spiro atoms. The number of hydrogen-bond donors (Lipinski definition) is 0. The molecule has 0 fully saturated rings. The molecular weight excluding hydrogens is 268 g/mol. The number of rotatable bonds is 4. The highest BCUT2D eigenvalue weighted by Gasteiger charge is 2.20. The number of esters is 1. The largest absolute Gasteiger partial charge is 0.496 e. The summed E-state index contributed by atoms with van der Waals surface area (Å²) in [6.07, 6.45) is 0. The molecule has 0 atom stereocenters. The Hall–Kier alpha value is -1.71. The number of methoxy groups -OCH3 is 1. The third-order valence-electron chi connectivity index (χ3n) is 2.76. The van der Waals surface area contributed by atoms with Gasteiger partial charge in [-0.05, 0) is 37.8 Å². The summed E-state index contributed by atoms with van der Waals surface area (Å²) < 4.78 is 16.1. The van der Waals surface area contributed by atoms with E-state index in [1.54, 1.807) is 13.2 Å². The standard InChI is InChI=1S/C17H26O4/c1-16(2,3)13-9-8-12(10-14(13)19-7)20-11-15(18)21-17(4,5)6/h8-10H,11H2,1-7H3. The minimum absolute atomic E-state index is 0.0188. The predicted molar refractivity (Wildman–Crippen MR) is 83.0 cm³/mol. The molecule has 0 aromatic heterocycles. The molecule has 0 aliphatic carbocycles. The lowest BCUT2D eigenvalue weighted by atomic mass is 9.86. The van der Waals surface area contributed by atoms with E-state index in [4.69, 9.17) is 14.2 Å². The van der Waals surface area contributed by atoms with Gasteiger partial charge in [-0.3, -0.25) is 0 Å². The third kappa shape index (κ3) is 5.66. The van der Waals surface area contributed by atoms with Crippen LogP contribution in [0.25, 0.3) is 0 Å². The number of carbonyl (C=O) groups excluding carboxylic acids is 1. The Bertz CT molecular complexity index is 492. The molecule has 0 heterocycles. The summed E-state index contributed by atoms with van der Waals surface area (Å²) in [5.74, 6) is 0.955. The van der Waals surface area contributed by atoms with Crippen molar-refractivity contribution < 1.29 is 19.0 Å². The van der Waals surface area contributed by atoms with E-state index in [9.17, 15) is 4.79 Å². The van der Waals surface area contributed by atoms with Crippen LogP contribution in [0.3, 0.4) is 0 Å². The Balaban J connectivity index is 2.76. The monoisotopic (exact) mass is 294 g/mol. The van der Waals surface area contributed by atoms with Gasteiger partial charge in [0.25, 0.3) is 0 Å². The van der Waals surface area contributed by atoms with Crippen LogP contribution < -0.4 is 9.47 Å². The molecule has 0 aliphatic rings. The van der Waals surface area contributed by atoms with E-state index in [0.29, 0.717) is 5.75 Å². The van der Waals surface area contributed by atoms with Crippen LogP contribution in [-0.4, -0.2) is 25.3 Å². The summed E-state index contributed by atoms with van der Waals surface area (Å²) in [5.41, 5.74) is 0.568. The maximum absolute atomic E-state index is 11.6. The van der Waals surface area contributed by atoms with Crippen LogP contribution in [0.5, 0.6) is 11.5 Å². The second-order valence-electron chi connectivity index (χ2n) is 6.99. The lowest BCUT2D eigenvalue weighted by molar-refractivity contribution is -0.157. The van der Waals surface area contributed by atoms with Crippen molar-refractivity contribution in [3.05, 3.63) is 23.8 Å². The zero-order valence-electron chi connectivity index (χ0n) is 14.1. The van der Waals surface area contributed by atoms with Crippen molar-refractivity contribution in [3.8, 4) is 11.5 Å². The Morgan fingerprint density at radius 2 is 1.71 bits per heavy atom. The Morgan fingerprint density at radius 1 is 1.10 bits per heavy atom. The van der Waals surface area contributed by atoms with Crippen molar-refractivity contribution in [1.29, 1.82) is 0 Å². The van der Waals surface area contributed by atoms with Crippen molar-refractivity contribution in [2.24, 2.45) is 0 Å². The van der Waals surface area contributed by atoms with Crippen LogP contribution in [0, 0.1) is 0 Å². The van der Waals surface area contributed by atoms with E-state index in [-0.39, 0.29) is 18.0 Å². The highest BCUT2D eigenvalue weighted by molar-refractivity contribution is 5.71. The molecule has 21 heavy (non-hydrogen) atoms. The predicted octanol–water partition coefficient (Wildman–Crippen LogP) is 3.71. The van der Waals surface area contributed by atoms with Gasteiger partial charge in [0.2, 0.25) is 0 Å². The molecule has 0 N–H and O–H groups in total. The Kier molecular flexibility index (Phi) is 5.26. The summed E-state index contributed by atoms with van der Waals surface area (Å²) in [6, 6.07) is 5.60. The second kappa shape index (κ2) is 6.37. The van der Waals surface area contributed by atoms with Gasteiger partial charge < -0.3 is 14.2 Å². The quantitative estimate of drug-likeness (QED) is 0.794.